The minimum absolute atomic E-state index is 0. The number of hydrogen-bond donors (Lipinski definition) is 1. The normalized spacial score (nSPS) is 10.5. The van der Waals surface area contributed by atoms with Crippen LogP contribution >= 0.6 is 0 Å². The third kappa shape index (κ3) is 4.34. The molecule has 8 nitrogen and oxygen atoms in total. The van der Waals surface area contributed by atoms with Gasteiger partial charge in [-0.1, -0.05) is 0 Å². The van der Waals surface area contributed by atoms with Gasteiger partial charge in [0.1, 0.15) is 11.8 Å². The van der Waals surface area contributed by atoms with Crippen LogP contribution in [0.4, 0.5) is 11.6 Å². The van der Waals surface area contributed by atoms with E-state index in [-0.39, 0.29) is 45.0 Å². The van der Waals surface area contributed by atoms with Crippen molar-refractivity contribution in [2.45, 2.75) is 4.90 Å². The van der Waals surface area contributed by atoms with E-state index in [1.54, 1.807) is 0 Å². The molecular formula is C12H13AgN4O4S. The van der Waals surface area contributed by atoms with Gasteiger partial charge in [-0.3, -0.25) is 4.72 Å². The van der Waals surface area contributed by atoms with Gasteiger partial charge in [0.15, 0.2) is 0 Å². The minimum atomic E-state index is -3.95. The summed E-state index contributed by atoms with van der Waals surface area (Å²) >= 11 is 0. The van der Waals surface area contributed by atoms with Crippen molar-refractivity contribution in [3.8, 4) is 11.8 Å². The molecule has 0 unspecified atom stereocenters. The number of sulfonamides is 1. The predicted molar refractivity (Wildman–Crippen MR) is 76.2 cm³/mol. The van der Waals surface area contributed by atoms with Crippen LogP contribution in [0.5, 0.6) is 11.8 Å². The molecule has 0 saturated heterocycles. The number of aromatic nitrogens is 2. The van der Waals surface area contributed by atoms with Gasteiger partial charge >= 0.3 is 22.4 Å². The van der Waals surface area contributed by atoms with Gasteiger partial charge in [-0.25, -0.2) is 8.42 Å². The Morgan fingerprint density at radius 1 is 1.05 bits per heavy atom. The molecule has 0 radical (unpaired) electrons. The zero-order valence-electron chi connectivity index (χ0n) is 11.6. The maximum Gasteiger partial charge on any atom is 1.00 e. The summed E-state index contributed by atoms with van der Waals surface area (Å²) in [6, 6.07) is 7.05. The number of anilines is 1. The average Bonchev–Trinajstić information content (AvgIpc) is 2.46. The Kier molecular flexibility index (Phi) is 6.18. The third-order valence-corrected chi connectivity index (χ3v) is 3.74. The second-order valence-electron chi connectivity index (χ2n) is 3.89. The van der Waals surface area contributed by atoms with E-state index in [2.05, 4.69) is 14.7 Å². The molecule has 1 heterocycles. The zero-order valence-corrected chi connectivity index (χ0v) is 13.9. The van der Waals surface area contributed by atoms with Crippen LogP contribution in [0.25, 0.3) is 4.72 Å². The van der Waals surface area contributed by atoms with Crippen molar-refractivity contribution in [2.75, 3.05) is 20.0 Å². The number of nitrogens with two attached hydrogens (primary N) is 1. The molecule has 2 rings (SSSR count). The molecule has 0 aliphatic carbocycles. The largest absolute Gasteiger partial charge is 1.00 e. The number of methoxy groups -OCH3 is 2. The quantitative estimate of drug-likeness (QED) is 0.578. The van der Waals surface area contributed by atoms with Crippen molar-refractivity contribution in [1.82, 2.24) is 9.97 Å². The molecule has 122 valence electrons. The topological polar surface area (TPSA) is 118 Å². The predicted octanol–water partition coefficient (Wildman–Crippen LogP) is 1.47. The first kappa shape index (κ1) is 18.2. The molecule has 1 aromatic heterocycles. The van der Waals surface area contributed by atoms with Gasteiger partial charge in [0.05, 0.1) is 19.1 Å². The SMILES string of the molecule is COc1cc(OC)nc([N-]S(=O)(=O)c2ccc(N)cc2)n1.[Ag+]. The van der Waals surface area contributed by atoms with Crippen LogP contribution in [0.2, 0.25) is 0 Å². The Hall–Kier alpha value is -1.81. The molecule has 22 heavy (non-hydrogen) atoms. The van der Waals surface area contributed by atoms with Crippen molar-refractivity contribution in [3.05, 3.63) is 35.1 Å². The van der Waals surface area contributed by atoms with Gasteiger partial charge in [0.25, 0.3) is 0 Å². The van der Waals surface area contributed by atoms with Crippen LogP contribution in [0.1, 0.15) is 0 Å². The van der Waals surface area contributed by atoms with Crippen LogP contribution in [-0.2, 0) is 32.4 Å². The Morgan fingerprint density at radius 3 is 2.00 bits per heavy atom. The summed E-state index contributed by atoms with van der Waals surface area (Å²) in [4.78, 5) is 7.68. The molecule has 0 aliphatic heterocycles. The molecule has 2 aromatic rings. The number of nitrogen functional groups attached to an aromatic ring is 1. The molecule has 0 aliphatic rings. The van der Waals surface area contributed by atoms with E-state index >= 15 is 0 Å². The number of rotatable bonds is 5. The summed E-state index contributed by atoms with van der Waals surface area (Å²) in [5.41, 5.74) is 5.97. The van der Waals surface area contributed by atoms with Crippen molar-refractivity contribution in [2.24, 2.45) is 0 Å². The Bertz CT molecular complexity index is 715. The van der Waals surface area contributed by atoms with Gasteiger partial charge in [0, 0.05) is 17.7 Å². The van der Waals surface area contributed by atoms with Gasteiger partial charge in [0.2, 0.25) is 10.0 Å². The van der Waals surface area contributed by atoms with Crippen molar-refractivity contribution in [1.29, 1.82) is 0 Å². The summed E-state index contributed by atoms with van der Waals surface area (Å²) in [6.45, 7) is 0. The molecule has 0 amide bonds. The van der Waals surface area contributed by atoms with Crippen LogP contribution in [0.3, 0.4) is 0 Å². The van der Waals surface area contributed by atoms with E-state index in [1.165, 1.54) is 44.6 Å². The van der Waals surface area contributed by atoms with E-state index in [0.29, 0.717) is 5.69 Å². The molecule has 0 atom stereocenters. The second-order valence-corrected chi connectivity index (χ2v) is 5.49. The maximum atomic E-state index is 12.1. The second kappa shape index (κ2) is 7.45. The summed E-state index contributed by atoms with van der Waals surface area (Å²) < 4.78 is 37.7. The number of hydrogen-bond acceptors (Lipinski definition) is 7. The van der Waals surface area contributed by atoms with Crippen LogP contribution < -0.4 is 15.2 Å². The van der Waals surface area contributed by atoms with Gasteiger partial charge in [-0.05, 0) is 24.3 Å². The maximum absolute atomic E-state index is 12.1. The number of nitrogens with zero attached hydrogens (tertiary/aromatic N) is 3. The van der Waals surface area contributed by atoms with Crippen LogP contribution in [0.15, 0.2) is 35.2 Å². The molecule has 0 fully saturated rings. The fraction of sp³-hybridized carbons (Fsp3) is 0.167. The van der Waals surface area contributed by atoms with Crippen LogP contribution in [-0.4, -0.2) is 32.6 Å². The summed E-state index contributed by atoms with van der Waals surface area (Å²) in [6.07, 6.45) is 0. The fourth-order valence-electron chi connectivity index (χ4n) is 1.44. The number of ether oxygens (including phenoxy) is 2. The standard InChI is InChI=1S/C12H13N4O4S.Ag/c1-19-10-7-11(20-2)15-12(14-10)16-21(17,18)9-5-3-8(13)4-6-9;/h3-7H,13H2,1-2H3;/q-1;+1. The Morgan fingerprint density at radius 2 is 1.55 bits per heavy atom. The molecule has 0 saturated carbocycles. The minimum Gasteiger partial charge on any atom is -0.493 e. The van der Waals surface area contributed by atoms with Gasteiger partial charge < -0.3 is 25.2 Å². The summed E-state index contributed by atoms with van der Waals surface area (Å²) in [7, 11) is -1.17. The van der Waals surface area contributed by atoms with E-state index in [4.69, 9.17) is 15.2 Å². The van der Waals surface area contributed by atoms with Gasteiger partial charge in [-0.2, -0.15) is 0 Å². The first-order valence-corrected chi connectivity index (χ1v) is 7.19. The van der Waals surface area contributed by atoms with E-state index in [9.17, 15) is 8.42 Å². The van der Waals surface area contributed by atoms with Crippen molar-refractivity contribution < 1.29 is 40.3 Å². The molecular weight excluding hydrogens is 404 g/mol. The molecule has 10 heteroatoms. The first-order chi connectivity index (χ1) is 9.94. The molecule has 1 aromatic carbocycles. The van der Waals surface area contributed by atoms with Gasteiger partial charge in [-0.15, -0.1) is 0 Å². The summed E-state index contributed by atoms with van der Waals surface area (Å²) in [5, 5.41) is 0. The monoisotopic (exact) mass is 416 g/mol. The third-order valence-electron chi connectivity index (χ3n) is 2.47. The first-order valence-electron chi connectivity index (χ1n) is 5.75. The average molecular weight is 417 g/mol. The smallest absolute Gasteiger partial charge is 0.493 e. The van der Waals surface area contributed by atoms with Crippen LogP contribution in [0, 0.1) is 0 Å². The molecule has 2 N–H and O–H groups in total. The number of benzene rings is 1. The van der Waals surface area contributed by atoms with Crippen molar-refractivity contribution in [3.63, 3.8) is 0 Å². The van der Waals surface area contributed by atoms with E-state index < -0.39 is 10.0 Å². The van der Waals surface area contributed by atoms with Crippen molar-refractivity contribution >= 4 is 21.7 Å². The van der Waals surface area contributed by atoms with E-state index in [1.807, 2.05) is 0 Å². The molecule has 0 bridgehead atoms. The Labute approximate surface area is 143 Å². The molecule has 0 spiro atoms. The van der Waals surface area contributed by atoms with E-state index in [0.717, 1.165) is 0 Å². The zero-order chi connectivity index (χ0) is 15.5. The fourth-order valence-corrected chi connectivity index (χ4v) is 2.32. The Balaban J connectivity index is 0.00000242. The summed E-state index contributed by atoms with van der Waals surface area (Å²) in [5.74, 6) is 0.0178.